The van der Waals surface area contributed by atoms with E-state index < -0.39 is 182 Å². The Morgan fingerprint density at radius 3 is 1.05 bits per heavy atom. The van der Waals surface area contributed by atoms with Crippen molar-refractivity contribution in [3.05, 3.63) is 192 Å². The van der Waals surface area contributed by atoms with Crippen molar-refractivity contribution < 1.29 is 171 Å². The molecule has 0 radical (unpaired) electrons. The first-order chi connectivity index (χ1) is 51.1. The van der Waals surface area contributed by atoms with Crippen molar-refractivity contribution in [2.75, 3.05) is 26.4 Å². The number of oxime groups is 4. The van der Waals surface area contributed by atoms with Crippen LogP contribution in [0.25, 0.3) is 0 Å². The Kier molecular flexibility index (Phi) is 35.9. The van der Waals surface area contributed by atoms with Crippen LogP contribution in [0.1, 0.15) is 94.9 Å². The third-order valence-electron chi connectivity index (χ3n) is 13.1. The van der Waals surface area contributed by atoms with E-state index in [2.05, 4.69) is 79.9 Å². The lowest BCUT2D eigenvalue weighted by molar-refractivity contribution is -0.242. The monoisotopic (exact) mass is 1670 g/mol. The highest BCUT2D eigenvalue weighted by atomic mass is 32.2. The fraction of sp³-hybridized carbons (Fsp3) is 0.348. The molecule has 0 bridgehead atoms. The molecule has 0 amide bonds. The van der Waals surface area contributed by atoms with Crippen molar-refractivity contribution in [3.8, 4) is 0 Å². The summed E-state index contributed by atoms with van der Waals surface area (Å²) in [6.07, 6.45) is -15.5. The van der Waals surface area contributed by atoms with Gasteiger partial charge in [-0.2, -0.15) is 83.1 Å². The average Bonchev–Trinajstić information content (AvgIpc) is 0.733. The molecule has 1 aliphatic rings. The Bertz CT molecular complexity index is 4460. The van der Waals surface area contributed by atoms with Gasteiger partial charge in [0.15, 0.2) is 22.8 Å². The highest BCUT2D eigenvalue weighted by molar-refractivity contribution is 7.94. The molecule has 111 heavy (non-hydrogen) atoms. The molecule has 5 rings (SSSR count). The molecule has 610 valence electrons. The Morgan fingerprint density at radius 2 is 0.703 bits per heavy atom. The van der Waals surface area contributed by atoms with Gasteiger partial charge in [0, 0.05) is 44.5 Å². The van der Waals surface area contributed by atoms with Crippen LogP contribution in [-0.2, 0) is 101 Å². The van der Waals surface area contributed by atoms with Gasteiger partial charge < -0.3 is 33.5 Å². The maximum Gasteiger partial charge on any atom is 0.478 e. The number of rotatable bonds is 30. The van der Waals surface area contributed by atoms with Gasteiger partial charge in [-0.05, 0) is 40.5 Å². The van der Waals surface area contributed by atoms with Crippen molar-refractivity contribution in [1.82, 2.24) is 0 Å². The third-order valence-corrected chi connectivity index (χ3v) is 18.2. The molecule has 1 aliphatic carbocycles. The fourth-order valence-electron chi connectivity index (χ4n) is 7.50. The second kappa shape index (κ2) is 41.3. The first kappa shape index (κ1) is 96.3. The average molecular weight is 1670 g/mol. The summed E-state index contributed by atoms with van der Waals surface area (Å²) in [5.74, 6) is -8.64. The largest absolute Gasteiger partial charge is 0.478 e. The zero-order valence-corrected chi connectivity index (χ0v) is 60.2. The van der Waals surface area contributed by atoms with E-state index in [4.69, 9.17) is 4.74 Å². The Hall–Kier alpha value is -10.7. The van der Waals surface area contributed by atoms with Gasteiger partial charge in [-0.1, -0.05) is 188 Å². The summed E-state index contributed by atoms with van der Waals surface area (Å²) in [4.78, 5) is 92.0. The molecule has 0 spiro atoms. The smallest absolute Gasteiger partial charge is 0.462 e. The first-order valence-electron chi connectivity index (χ1n) is 30.6. The van der Waals surface area contributed by atoms with E-state index in [0.29, 0.717) is 12.8 Å². The summed E-state index contributed by atoms with van der Waals surface area (Å²) in [5.41, 5.74) is -8.78. The van der Waals surface area contributed by atoms with Crippen LogP contribution in [0.15, 0.2) is 191 Å². The number of halogens is 17. The van der Waals surface area contributed by atoms with Gasteiger partial charge in [0.1, 0.15) is 26.4 Å². The number of hydrogen-bond donors (Lipinski definition) is 0. The molecule has 0 N–H and O–H groups in total. The molecule has 0 unspecified atom stereocenters. The summed E-state index contributed by atoms with van der Waals surface area (Å²) in [7, 11) is -18.7. The number of carbonyl (C=O) groups excluding carboxylic acids is 7. The predicted octanol–water partition coefficient (Wildman–Crippen LogP) is 13.0. The predicted molar refractivity (Wildman–Crippen MR) is 355 cm³/mol. The molecule has 0 aromatic heterocycles. The van der Waals surface area contributed by atoms with Crippen LogP contribution < -0.4 is 0 Å². The van der Waals surface area contributed by atoms with Crippen LogP contribution in [0.4, 0.5) is 74.6 Å². The van der Waals surface area contributed by atoms with Gasteiger partial charge in [0.05, 0.1) is 18.1 Å². The summed E-state index contributed by atoms with van der Waals surface area (Å²) in [5, 5.41) is -12.6. The molecule has 0 aliphatic heterocycles. The highest BCUT2D eigenvalue weighted by Gasteiger charge is 2.76. The van der Waals surface area contributed by atoms with Crippen molar-refractivity contribution in [2.45, 2.75) is 117 Å². The second-order valence-corrected chi connectivity index (χ2v) is 28.0. The van der Waals surface area contributed by atoms with Crippen LogP contribution >= 0.6 is 0 Å². The van der Waals surface area contributed by atoms with Crippen LogP contribution in [0.3, 0.4) is 0 Å². The maximum atomic E-state index is 15.1. The molecule has 4 aromatic carbocycles. The van der Waals surface area contributed by atoms with Crippen LogP contribution in [0.2, 0.25) is 0 Å². The molecular weight excluding hydrogens is 1600 g/mol. The van der Waals surface area contributed by atoms with Gasteiger partial charge in [-0.15, -0.1) is 0 Å². The molecule has 25 nitrogen and oxygen atoms in total. The van der Waals surface area contributed by atoms with Crippen LogP contribution in [0, 0.1) is 0 Å². The molecule has 1 saturated carbocycles. The van der Waals surface area contributed by atoms with E-state index in [1.165, 1.54) is 75.4 Å². The van der Waals surface area contributed by atoms with Gasteiger partial charge in [-0.25, -0.2) is 45.6 Å². The van der Waals surface area contributed by atoms with Gasteiger partial charge in [-0.3, -0.25) is 9.08 Å². The Morgan fingerprint density at radius 1 is 0.387 bits per heavy atom. The number of hydrogen-bond acceptors (Lipinski definition) is 25. The summed E-state index contributed by atoms with van der Waals surface area (Å²) in [6, 6.07) is 23.9. The number of esters is 4. The molecule has 45 heteroatoms. The van der Waals surface area contributed by atoms with E-state index in [1.807, 2.05) is 0 Å². The second-order valence-electron chi connectivity index (χ2n) is 22.1. The SMILES string of the molecule is C=C(C)C(=O)O/N=C(\c1ccccc1)C(F)(F)S(=O)(=O)C(F)(F)C(F)(F)F.C=C(C)C(=O)O/N=C(\c1ccccc1)C(F)(F)S(=O)(=O)C1CCCCC1.C=C(C)C(=O)OCCOC(=O)C(F)(F)S(=O)(=O)O/N=C(\c1ccccc1)C(F)(F)F.C=C(C)C(=O)OCCOC(=O)CCC(=O)O/N=C(\c1ccccc1)C(F)(F)F. The lowest BCUT2D eigenvalue weighted by Gasteiger charge is -2.27. The quantitative estimate of drug-likeness (QED) is 0.00684. The summed E-state index contributed by atoms with van der Waals surface area (Å²) >= 11 is 0. The summed E-state index contributed by atoms with van der Waals surface area (Å²) < 4.78 is 320. The lowest BCUT2D eigenvalue weighted by atomic mass is 10.0. The van der Waals surface area contributed by atoms with Crippen molar-refractivity contribution in [3.63, 3.8) is 0 Å². The van der Waals surface area contributed by atoms with Crippen LogP contribution in [-0.4, -0.2) is 161 Å². The fourth-order valence-corrected chi connectivity index (χ4v) is 10.9. The minimum atomic E-state index is -7.55. The standard InChI is InChI=1S/C18H18F3NO6.C18H21F2NO4S.C16H14F5NO7S.C14H10F7NO4S/c1-12(2)17(25)27-11-10-26-14(23)8-9-15(24)28-22-16(18(19,20)21)13-6-4-3-5-7-13;1-13(2)17(22)25-21-16(14-9-5-3-6-10-14)18(19,20)26(23,24)15-11-7-4-8-12-15;1-10(2)13(23)27-8-9-28-14(24)16(20,21)30(25,26)29-22-12(15(17,18)19)11-6-4-3-5-7-11;1-8(2)11(23)26-22-10(9-6-4-3-5-7-9)12(15,16)27(24,25)14(20,21)13(17,18)19/h3-7H,1,8-11H2,2H3;3,5-6,9-10,15H,1,4,7-8,11-12H2,2H3;3-7H,1,8-9H2,2H3;3-7H,1H2,2H3/b22-16+;21-16+;22-12+;22-10+. The molecule has 0 saturated heterocycles. The lowest BCUT2D eigenvalue weighted by Crippen LogP contribution is -2.54. The van der Waals surface area contributed by atoms with Crippen molar-refractivity contribution >= 4 is 94.4 Å². The highest BCUT2D eigenvalue weighted by Crippen LogP contribution is 2.47. The van der Waals surface area contributed by atoms with E-state index in [0.717, 1.165) is 74.0 Å². The number of carbonyl (C=O) groups is 7. The van der Waals surface area contributed by atoms with Crippen molar-refractivity contribution in [1.29, 1.82) is 0 Å². The normalized spacial score (nSPS) is 13.7. The number of alkyl halides is 17. The Labute approximate surface area is 620 Å². The topological polar surface area (TPSA) is 345 Å². The van der Waals surface area contributed by atoms with Crippen molar-refractivity contribution in [2.24, 2.45) is 20.6 Å². The molecular formula is C66H63F17N4O21S3. The third kappa shape index (κ3) is 28.3. The minimum Gasteiger partial charge on any atom is -0.462 e. The van der Waals surface area contributed by atoms with E-state index in [1.54, 1.807) is 6.07 Å². The maximum absolute atomic E-state index is 15.1. The molecule has 4 aromatic rings. The molecule has 0 atom stereocenters. The number of nitrogens with zero attached hydrogens (tertiary/aromatic N) is 4. The first-order valence-corrected chi connectivity index (χ1v) is 35.1. The van der Waals surface area contributed by atoms with E-state index in [9.17, 15) is 125 Å². The number of benzene rings is 4. The van der Waals surface area contributed by atoms with Gasteiger partial charge >= 0.3 is 91.5 Å². The number of ether oxygens (including phenoxy) is 4. The molecule has 0 heterocycles. The zero-order chi connectivity index (χ0) is 85.0. The minimum absolute atomic E-state index is 0.0420. The molecule has 1 fully saturated rings. The van der Waals surface area contributed by atoms with Crippen LogP contribution in [0.5, 0.6) is 0 Å². The zero-order valence-electron chi connectivity index (χ0n) is 57.7. The number of sulfone groups is 2. The van der Waals surface area contributed by atoms with Gasteiger partial charge in [0.25, 0.3) is 9.84 Å². The summed E-state index contributed by atoms with van der Waals surface area (Å²) in [6.45, 7) is 16.0. The Balaban J connectivity index is 0.000000503. The van der Waals surface area contributed by atoms with Gasteiger partial charge in [0.2, 0.25) is 9.84 Å². The van der Waals surface area contributed by atoms with E-state index >= 15 is 8.78 Å². The van der Waals surface area contributed by atoms with E-state index in [-0.39, 0.29) is 53.9 Å².